The number of hydrogen-bond acceptors (Lipinski definition) is 3. The molecule has 1 aromatic carbocycles. The zero-order chi connectivity index (χ0) is 15.0. The molecule has 1 rings (SSSR count). The van der Waals surface area contributed by atoms with E-state index in [0.29, 0.717) is 12.3 Å². The molecule has 3 nitrogen and oxygen atoms in total. The van der Waals surface area contributed by atoms with E-state index in [4.69, 9.17) is 16.3 Å². The Morgan fingerprint density at radius 3 is 2.60 bits per heavy atom. The minimum Gasteiger partial charge on any atom is -0.496 e. The van der Waals surface area contributed by atoms with Crippen LogP contribution in [0, 0.1) is 5.92 Å². The van der Waals surface area contributed by atoms with E-state index in [1.54, 1.807) is 14.0 Å². The van der Waals surface area contributed by atoms with Gasteiger partial charge in [-0.15, -0.1) is 11.6 Å². The van der Waals surface area contributed by atoms with Gasteiger partial charge in [-0.2, -0.15) is 0 Å². The van der Waals surface area contributed by atoms with Crippen molar-refractivity contribution in [1.29, 1.82) is 0 Å². The van der Waals surface area contributed by atoms with Crippen molar-refractivity contribution in [2.75, 3.05) is 24.5 Å². The number of halogens is 1. The van der Waals surface area contributed by atoms with E-state index in [1.807, 2.05) is 24.3 Å². The molecule has 1 atom stereocenters. The maximum Gasteiger partial charge on any atom is 0.150 e. The summed E-state index contributed by atoms with van der Waals surface area (Å²) in [6, 6.07) is 7.87. The molecule has 114 valence electrons. The van der Waals surface area contributed by atoms with Crippen LogP contribution in [-0.4, -0.2) is 32.9 Å². The van der Waals surface area contributed by atoms with E-state index in [-0.39, 0.29) is 17.4 Å². The molecule has 0 aromatic heterocycles. The molecule has 0 N–H and O–H groups in total. The molecular weight excluding hydrogens is 296 g/mol. The average molecular weight is 319 g/mol. The molecule has 1 aromatic rings. The number of benzene rings is 1. The Kier molecular flexibility index (Phi) is 7.38. The second-order valence-corrected chi connectivity index (χ2v) is 7.70. The summed E-state index contributed by atoms with van der Waals surface area (Å²) in [5, 5.41) is 0. The second-order valence-electron chi connectivity index (χ2n) is 4.91. The fourth-order valence-corrected chi connectivity index (χ4v) is 3.31. The summed E-state index contributed by atoms with van der Waals surface area (Å²) in [6.07, 6.45) is 2.31. The molecule has 0 aliphatic carbocycles. The van der Waals surface area contributed by atoms with E-state index in [0.717, 1.165) is 24.2 Å². The van der Waals surface area contributed by atoms with Gasteiger partial charge in [0.05, 0.1) is 12.9 Å². The quantitative estimate of drug-likeness (QED) is 0.656. The molecule has 0 heterocycles. The summed E-state index contributed by atoms with van der Waals surface area (Å²) < 4.78 is 28.3. The number of alkyl halides is 1. The van der Waals surface area contributed by atoms with Gasteiger partial charge in [0, 0.05) is 11.6 Å². The molecule has 0 fully saturated rings. The van der Waals surface area contributed by atoms with Crippen LogP contribution in [0.5, 0.6) is 5.75 Å². The first kappa shape index (κ1) is 17.3. The van der Waals surface area contributed by atoms with Crippen LogP contribution in [0.25, 0.3) is 0 Å². The lowest BCUT2D eigenvalue weighted by atomic mass is 9.96. The molecule has 0 amide bonds. The smallest absolute Gasteiger partial charge is 0.150 e. The SMILES string of the molecule is CCS(=O)(=O)CCCC(CCl)Cc1ccccc1OC. The molecule has 0 saturated heterocycles. The number of para-hydroxylation sites is 1. The van der Waals surface area contributed by atoms with Gasteiger partial charge in [0.2, 0.25) is 0 Å². The topological polar surface area (TPSA) is 43.4 Å². The maximum absolute atomic E-state index is 11.5. The Hall–Kier alpha value is -0.740. The third kappa shape index (κ3) is 5.71. The monoisotopic (exact) mass is 318 g/mol. The lowest BCUT2D eigenvalue weighted by Gasteiger charge is -2.15. The fraction of sp³-hybridized carbons (Fsp3) is 0.600. The summed E-state index contributed by atoms with van der Waals surface area (Å²) in [5.41, 5.74) is 1.12. The lowest BCUT2D eigenvalue weighted by molar-refractivity contribution is 0.404. The highest BCUT2D eigenvalue weighted by atomic mass is 35.5. The van der Waals surface area contributed by atoms with E-state index < -0.39 is 9.84 Å². The molecule has 0 saturated carbocycles. The van der Waals surface area contributed by atoms with Crippen LogP contribution in [0.2, 0.25) is 0 Å². The van der Waals surface area contributed by atoms with Crippen molar-refractivity contribution in [1.82, 2.24) is 0 Å². The lowest BCUT2D eigenvalue weighted by Crippen LogP contribution is -2.13. The zero-order valence-corrected chi connectivity index (χ0v) is 13.7. The maximum atomic E-state index is 11.5. The molecule has 20 heavy (non-hydrogen) atoms. The average Bonchev–Trinajstić information content (AvgIpc) is 2.46. The van der Waals surface area contributed by atoms with Gasteiger partial charge in [0.25, 0.3) is 0 Å². The first-order valence-corrected chi connectivity index (χ1v) is 9.26. The summed E-state index contributed by atoms with van der Waals surface area (Å²) in [6.45, 7) is 1.68. The minimum absolute atomic E-state index is 0.213. The Morgan fingerprint density at radius 2 is 2.00 bits per heavy atom. The van der Waals surface area contributed by atoms with Gasteiger partial charge in [0.1, 0.15) is 15.6 Å². The second kappa shape index (κ2) is 8.53. The molecule has 0 aliphatic heterocycles. The largest absolute Gasteiger partial charge is 0.496 e. The van der Waals surface area contributed by atoms with Crippen molar-refractivity contribution in [3.8, 4) is 5.75 Å². The van der Waals surface area contributed by atoms with Crippen LogP contribution in [0.15, 0.2) is 24.3 Å². The molecule has 0 radical (unpaired) electrons. The Morgan fingerprint density at radius 1 is 1.30 bits per heavy atom. The highest BCUT2D eigenvalue weighted by Gasteiger charge is 2.14. The fourth-order valence-electron chi connectivity index (χ4n) is 2.15. The molecular formula is C15H23ClO3S. The van der Waals surface area contributed by atoms with E-state index >= 15 is 0 Å². The minimum atomic E-state index is -2.88. The van der Waals surface area contributed by atoms with Crippen LogP contribution in [0.1, 0.15) is 25.3 Å². The molecule has 0 aliphatic rings. The summed E-state index contributed by atoms with van der Waals surface area (Å²) >= 11 is 6.01. The number of hydrogen-bond donors (Lipinski definition) is 0. The molecule has 0 spiro atoms. The number of sulfone groups is 1. The van der Waals surface area contributed by atoms with Gasteiger partial charge in [-0.25, -0.2) is 8.42 Å². The van der Waals surface area contributed by atoms with Crippen LogP contribution in [0.3, 0.4) is 0 Å². The first-order chi connectivity index (χ1) is 9.52. The van der Waals surface area contributed by atoms with Crippen molar-refractivity contribution in [2.45, 2.75) is 26.2 Å². The Labute approximate surface area is 127 Å². The van der Waals surface area contributed by atoms with E-state index in [2.05, 4.69) is 0 Å². The van der Waals surface area contributed by atoms with Gasteiger partial charge in [0.15, 0.2) is 0 Å². The standard InChI is InChI=1S/C15H23ClO3S/c1-3-20(17,18)10-6-7-13(12-16)11-14-8-4-5-9-15(14)19-2/h4-5,8-9,13H,3,6-7,10-12H2,1-2H3. The van der Waals surface area contributed by atoms with Gasteiger partial charge in [-0.1, -0.05) is 25.1 Å². The van der Waals surface area contributed by atoms with Crippen molar-refractivity contribution < 1.29 is 13.2 Å². The zero-order valence-electron chi connectivity index (χ0n) is 12.1. The highest BCUT2D eigenvalue weighted by molar-refractivity contribution is 7.91. The highest BCUT2D eigenvalue weighted by Crippen LogP contribution is 2.23. The van der Waals surface area contributed by atoms with Crippen molar-refractivity contribution in [3.63, 3.8) is 0 Å². The van der Waals surface area contributed by atoms with Gasteiger partial charge in [-0.05, 0) is 36.8 Å². The predicted molar refractivity (Wildman–Crippen MR) is 84.5 cm³/mol. The summed E-state index contributed by atoms with van der Waals surface area (Å²) in [5.74, 6) is 2.14. The van der Waals surface area contributed by atoms with Crippen molar-refractivity contribution >= 4 is 21.4 Å². The van der Waals surface area contributed by atoms with E-state index in [9.17, 15) is 8.42 Å². The normalized spacial score (nSPS) is 13.2. The van der Waals surface area contributed by atoms with E-state index in [1.165, 1.54) is 0 Å². The third-order valence-electron chi connectivity index (χ3n) is 3.43. The van der Waals surface area contributed by atoms with Crippen LogP contribution < -0.4 is 4.74 Å². The number of methoxy groups -OCH3 is 1. The van der Waals surface area contributed by atoms with Crippen molar-refractivity contribution in [2.24, 2.45) is 5.92 Å². The van der Waals surface area contributed by atoms with Gasteiger partial charge < -0.3 is 4.74 Å². The molecule has 1 unspecified atom stereocenters. The van der Waals surface area contributed by atoms with Crippen LogP contribution >= 0.6 is 11.6 Å². The molecule has 5 heteroatoms. The first-order valence-electron chi connectivity index (χ1n) is 6.90. The predicted octanol–water partition coefficient (Wildman–Crippen LogP) is 3.31. The van der Waals surface area contributed by atoms with Gasteiger partial charge in [-0.3, -0.25) is 0 Å². The summed E-state index contributed by atoms with van der Waals surface area (Å²) in [7, 11) is -1.22. The number of rotatable bonds is 9. The number of ether oxygens (including phenoxy) is 1. The third-order valence-corrected chi connectivity index (χ3v) is 5.65. The Bertz CT molecular complexity index is 500. The molecule has 0 bridgehead atoms. The summed E-state index contributed by atoms with van der Waals surface area (Å²) in [4.78, 5) is 0. The Balaban J connectivity index is 2.55. The van der Waals surface area contributed by atoms with Crippen molar-refractivity contribution in [3.05, 3.63) is 29.8 Å². The van der Waals surface area contributed by atoms with Crippen LogP contribution in [0.4, 0.5) is 0 Å². The van der Waals surface area contributed by atoms with Gasteiger partial charge >= 0.3 is 0 Å². The van der Waals surface area contributed by atoms with Crippen LogP contribution in [-0.2, 0) is 16.3 Å².